The summed E-state index contributed by atoms with van der Waals surface area (Å²) in [7, 11) is 0. The number of carboxylic acids is 1. The van der Waals surface area contributed by atoms with Crippen molar-refractivity contribution < 1.29 is 9.90 Å². The molecule has 0 aliphatic heterocycles. The van der Waals surface area contributed by atoms with E-state index in [1.54, 1.807) is 0 Å². The molecule has 0 heterocycles. The number of hydrogen-bond acceptors (Lipinski definition) is 3. The minimum atomic E-state index is -0.593. The molecule has 2 atom stereocenters. The average molecular weight is 259 g/mol. The first-order valence-corrected chi connectivity index (χ1v) is 7.80. The van der Waals surface area contributed by atoms with E-state index in [0.29, 0.717) is 5.25 Å². The van der Waals surface area contributed by atoms with Crippen molar-refractivity contribution in [3.63, 3.8) is 0 Å². The summed E-state index contributed by atoms with van der Waals surface area (Å²) in [5, 5.41) is 9.53. The van der Waals surface area contributed by atoms with Crippen molar-refractivity contribution in [2.75, 3.05) is 25.4 Å². The van der Waals surface area contributed by atoms with Gasteiger partial charge in [0.05, 0.1) is 5.92 Å². The second kappa shape index (κ2) is 7.98. The number of thioether (sulfide) groups is 1. The third kappa shape index (κ3) is 4.88. The zero-order valence-corrected chi connectivity index (χ0v) is 11.8. The zero-order chi connectivity index (χ0) is 12.7. The maximum absolute atomic E-state index is 11.2. The summed E-state index contributed by atoms with van der Waals surface area (Å²) in [6.07, 6.45) is 4.24. The summed E-state index contributed by atoms with van der Waals surface area (Å²) < 4.78 is 0. The molecule has 1 saturated carbocycles. The maximum Gasteiger partial charge on any atom is 0.307 e. The van der Waals surface area contributed by atoms with Gasteiger partial charge in [0, 0.05) is 17.5 Å². The number of rotatable bonds is 7. The van der Waals surface area contributed by atoms with Crippen molar-refractivity contribution in [3.8, 4) is 0 Å². The molecule has 17 heavy (non-hydrogen) atoms. The van der Waals surface area contributed by atoms with Crippen molar-refractivity contribution in [3.05, 3.63) is 0 Å². The van der Waals surface area contributed by atoms with Crippen LogP contribution in [0, 0.1) is 5.92 Å². The molecule has 0 spiro atoms. The van der Waals surface area contributed by atoms with Crippen molar-refractivity contribution in [1.82, 2.24) is 4.90 Å². The molecule has 1 N–H and O–H groups in total. The number of carbonyl (C=O) groups is 1. The van der Waals surface area contributed by atoms with E-state index in [-0.39, 0.29) is 5.92 Å². The van der Waals surface area contributed by atoms with Gasteiger partial charge in [0.15, 0.2) is 0 Å². The second-order valence-electron chi connectivity index (χ2n) is 4.67. The predicted octanol–water partition coefficient (Wildman–Crippen LogP) is 2.70. The van der Waals surface area contributed by atoms with Gasteiger partial charge in [-0.3, -0.25) is 4.79 Å². The molecule has 2 unspecified atom stereocenters. The van der Waals surface area contributed by atoms with Crippen LogP contribution in [0.15, 0.2) is 0 Å². The summed E-state index contributed by atoms with van der Waals surface area (Å²) in [6, 6.07) is 0. The minimum absolute atomic E-state index is 0.106. The van der Waals surface area contributed by atoms with Gasteiger partial charge in [0.1, 0.15) is 0 Å². The Labute approximate surface area is 109 Å². The summed E-state index contributed by atoms with van der Waals surface area (Å²) >= 11 is 1.87. The lowest BCUT2D eigenvalue weighted by Crippen LogP contribution is -2.31. The van der Waals surface area contributed by atoms with Crippen molar-refractivity contribution in [2.24, 2.45) is 5.92 Å². The first-order valence-electron chi connectivity index (χ1n) is 6.75. The standard InChI is InChI=1S/C13H25NO2S/c1-3-14(4-2)9-10-17-12-8-6-5-7-11(12)13(15)16/h11-12H,3-10H2,1-2H3,(H,15,16). The quantitative estimate of drug-likeness (QED) is 0.763. The van der Waals surface area contributed by atoms with Gasteiger partial charge in [-0.25, -0.2) is 0 Å². The van der Waals surface area contributed by atoms with Gasteiger partial charge in [-0.2, -0.15) is 11.8 Å². The van der Waals surface area contributed by atoms with E-state index in [2.05, 4.69) is 18.7 Å². The number of nitrogens with zero attached hydrogens (tertiary/aromatic N) is 1. The monoisotopic (exact) mass is 259 g/mol. The molecule has 0 amide bonds. The molecular weight excluding hydrogens is 234 g/mol. The highest BCUT2D eigenvalue weighted by Crippen LogP contribution is 2.33. The predicted molar refractivity (Wildman–Crippen MR) is 73.6 cm³/mol. The fourth-order valence-corrected chi connectivity index (χ4v) is 3.94. The molecule has 0 bridgehead atoms. The lowest BCUT2D eigenvalue weighted by molar-refractivity contribution is -0.142. The Bertz CT molecular complexity index is 231. The topological polar surface area (TPSA) is 40.5 Å². The molecule has 0 radical (unpaired) electrons. The molecule has 0 saturated heterocycles. The summed E-state index contributed by atoms with van der Waals surface area (Å²) in [6.45, 7) is 7.61. The first-order chi connectivity index (χ1) is 8.19. The van der Waals surface area contributed by atoms with Crippen molar-refractivity contribution in [1.29, 1.82) is 0 Å². The van der Waals surface area contributed by atoms with Crippen molar-refractivity contribution in [2.45, 2.75) is 44.8 Å². The Kier molecular flexibility index (Phi) is 6.97. The van der Waals surface area contributed by atoms with Crippen LogP contribution in [-0.2, 0) is 4.79 Å². The number of carboxylic acid groups (broad SMARTS) is 1. The van der Waals surface area contributed by atoms with Gasteiger partial charge < -0.3 is 10.0 Å². The molecule has 0 aromatic carbocycles. The van der Waals surface area contributed by atoms with Crippen LogP contribution in [-0.4, -0.2) is 46.6 Å². The van der Waals surface area contributed by atoms with Gasteiger partial charge >= 0.3 is 5.97 Å². The molecule has 0 aromatic heterocycles. The molecule has 1 rings (SSSR count). The van der Waals surface area contributed by atoms with E-state index in [9.17, 15) is 9.90 Å². The molecule has 100 valence electrons. The van der Waals surface area contributed by atoms with Crippen LogP contribution in [0.1, 0.15) is 39.5 Å². The van der Waals surface area contributed by atoms with E-state index < -0.39 is 5.97 Å². The summed E-state index contributed by atoms with van der Waals surface area (Å²) in [4.78, 5) is 13.5. The van der Waals surface area contributed by atoms with Crippen LogP contribution in [0.2, 0.25) is 0 Å². The Hall–Kier alpha value is -0.220. The molecule has 1 fully saturated rings. The van der Waals surface area contributed by atoms with Gasteiger partial charge in [0.25, 0.3) is 0 Å². The molecule has 1 aliphatic rings. The van der Waals surface area contributed by atoms with Gasteiger partial charge in [0.2, 0.25) is 0 Å². The molecule has 1 aliphatic carbocycles. The fraction of sp³-hybridized carbons (Fsp3) is 0.923. The highest BCUT2D eigenvalue weighted by Gasteiger charge is 2.30. The number of hydrogen-bond donors (Lipinski definition) is 1. The third-order valence-corrected chi connectivity index (χ3v) is 5.06. The van der Waals surface area contributed by atoms with E-state index in [1.165, 1.54) is 6.42 Å². The van der Waals surface area contributed by atoms with Crippen LogP contribution in [0.5, 0.6) is 0 Å². The molecule has 3 nitrogen and oxygen atoms in total. The average Bonchev–Trinajstić information content (AvgIpc) is 2.35. The number of aliphatic carboxylic acids is 1. The first kappa shape index (κ1) is 14.8. The largest absolute Gasteiger partial charge is 0.481 e. The SMILES string of the molecule is CCN(CC)CCSC1CCCCC1C(=O)O. The van der Waals surface area contributed by atoms with E-state index in [1.807, 2.05) is 11.8 Å². The van der Waals surface area contributed by atoms with E-state index >= 15 is 0 Å². The van der Waals surface area contributed by atoms with Crippen LogP contribution < -0.4 is 0 Å². The lowest BCUT2D eigenvalue weighted by atomic mass is 9.89. The summed E-state index contributed by atoms with van der Waals surface area (Å²) in [5.74, 6) is 0.367. The van der Waals surface area contributed by atoms with E-state index in [0.717, 1.165) is 44.6 Å². The Morgan fingerprint density at radius 1 is 1.29 bits per heavy atom. The Balaban J connectivity index is 2.30. The summed E-state index contributed by atoms with van der Waals surface area (Å²) in [5.41, 5.74) is 0. The lowest BCUT2D eigenvalue weighted by Gasteiger charge is -2.28. The minimum Gasteiger partial charge on any atom is -0.481 e. The Morgan fingerprint density at radius 3 is 2.53 bits per heavy atom. The van der Waals surface area contributed by atoms with E-state index in [4.69, 9.17) is 0 Å². The molecular formula is C13H25NO2S. The zero-order valence-electron chi connectivity index (χ0n) is 11.0. The molecule has 0 aromatic rings. The normalized spacial score (nSPS) is 25.1. The maximum atomic E-state index is 11.2. The smallest absolute Gasteiger partial charge is 0.307 e. The fourth-order valence-electron chi connectivity index (χ4n) is 2.45. The van der Waals surface area contributed by atoms with Crippen molar-refractivity contribution >= 4 is 17.7 Å². The second-order valence-corrected chi connectivity index (χ2v) is 6.01. The van der Waals surface area contributed by atoms with Gasteiger partial charge in [-0.15, -0.1) is 0 Å². The van der Waals surface area contributed by atoms with Crippen LogP contribution in [0.3, 0.4) is 0 Å². The molecule has 4 heteroatoms. The van der Waals surface area contributed by atoms with Crippen LogP contribution >= 0.6 is 11.8 Å². The Morgan fingerprint density at radius 2 is 1.94 bits per heavy atom. The van der Waals surface area contributed by atoms with Gasteiger partial charge in [-0.05, 0) is 25.9 Å². The van der Waals surface area contributed by atoms with Gasteiger partial charge in [-0.1, -0.05) is 26.7 Å². The van der Waals surface area contributed by atoms with Crippen LogP contribution in [0.4, 0.5) is 0 Å². The highest BCUT2D eigenvalue weighted by atomic mass is 32.2. The third-order valence-electron chi connectivity index (χ3n) is 3.65. The highest BCUT2D eigenvalue weighted by molar-refractivity contribution is 7.99. The van der Waals surface area contributed by atoms with Crippen LogP contribution in [0.25, 0.3) is 0 Å².